The maximum absolute atomic E-state index is 11.0. The van der Waals surface area contributed by atoms with Crippen molar-refractivity contribution in [2.24, 2.45) is 10.9 Å². The molecular weight excluding hydrogens is 190 g/mol. The van der Waals surface area contributed by atoms with Crippen molar-refractivity contribution >= 4 is 11.5 Å². The van der Waals surface area contributed by atoms with Crippen LogP contribution >= 0.6 is 0 Å². The van der Waals surface area contributed by atoms with Gasteiger partial charge >= 0.3 is 5.97 Å². The molecule has 15 heavy (non-hydrogen) atoms. The molecule has 1 aromatic rings. The highest BCUT2D eigenvalue weighted by Gasteiger charge is 2.38. The van der Waals surface area contributed by atoms with E-state index in [4.69, 9.17) is 5.11 Å². The van der Waals surface area contributed by atoms with Gasteiger partial charge in [0.25, 0.3) is 0 Å². The molecule has 76 valence electrons. The maximum Gasteiger partial charge on any atom is 0.309 e. The van der Waals surface area contributed by atoms with Crippen LogP contribution in [0.4, 0.5) is 0 Å². The van der Waals surface area contributed by atoms with Crippen molar-refractivity contribution < 1.29 is 9.90 Å². The highest BCUT2D eigenvalue weighted by molar-refractivity contribution is 5.77. The zero-order valence-corrected chi connectivity index (χ0v) is 8.18. The van der Waals surface area contributed by atoms with Crippen LogP contribution in [0.25, 0.3) is 5.57 Å². The Morgan fingerprint density at radius 1 is 1.40 bits per heavy atom. The molecule has 1 aromatic carbocycles. The number of benzene rings is 1. The third-order valence-electron chi connectivity index (χ3n) is 3.31. The number of carboxylic acids is 1. The summed E-state index contributed by atoms with van der Waals surface area (Å²) < 4.78 is 0. The van der Waals surface area contributed by atoms with E-state index < -0.39 is 5.97 Å². The van der Waals surface area contributed by atoms with Crippen LogP contribution in [0.5, 0.6) is 0 Å². The highest BCUT2D eigenvalue weighted by Crippen LogP contribution is 2.34. The number of aliphatic carboxylic acids is 1. The highest BCUT2D eigenvalue weighted by atomic mass is 16.4. The number of carbonyl (C=O) groups is 1. The van der Waals surface area contributed by atoms with E-state index in [0.717, 1.165) is 23.4 Å². The molecular formula is C12H11NO2. The molecule has 0 aromatic heterocycles. The molecule has 1 saturated carbocycles. The number of fused-ring (bicyclic) bond motifs is 2. The lowest BCUT2D eigenvalue weighted by Crippen LogP contribution is -2.21. The van der Waals surface area contributed by atoms with Gasteiger partial charge in [-0.25, -0.2) is 0 Å². The van der Waals surface area contributed by atoms with Crippen molar-refractivity contribution in [2.75, 3.05) is 0 Å². The first-order valence-electron chi connectivity index (χ1n) is 5.16. The van der Waals surface area contributed by atoms with Crippen molar-refractivity contribution in [1.29, 1.82) is 0 Å². The molecule has 1 aliphatic carbocycles. The fourth-order valence-corrected chi connectivity index (χ4v) is 2.59. The topological polar surface area (TPSA) is 49.7 Å². The summed E-state index contributed by atoms with van der Waals surface area (Å²) in [6, 6.07) is 7.83. The van der Waals surface area contributed by atoms with Gasteiger partial charge in [-0.3, -0.25) is 9.79 Å². The summed E-state index contributed by atoms with van der Waals surface area (Å²) in [7, 11) is 0. The normalized spacial score (nSPS) is 27.1. The molecule has 1 heterocycles. The zero-order chi connectivity index (χ0) is 10.4. The third-order valence-corrected chi connectivity index (χ3v) is 3.31. The van der Waals surface area contributed by atoms with Gasteiger partial charge in [0.15, 0.2) is 0 Å². The molecule has 3 nitrogen and oxygen atoms in total. The second-order valence-electron chi connectivity index (χ2n) is 4.10. The van der Waals surface area contributed by atoms with Crippen LogP contribution in [0.1, 0.15) is 12.8 Å². The van der Waals surface area contributed by atoms with Crippen LogP contribution in [0, 0.1) is 5.92 Å². The molecule has 0 bridgehead atoms. The minimum atomic E-state index is -0.716. The van der Waals surface area contributed by atoms with Crippen molar-refractivity contribution in [3.8, 4) is 0 Å². The molecule has 1 fully saturated rings. The van der Waals surface area contributed by atoms with Crippen LogP contribution < -0.4 is 10.6 Å². The SMILES string of the molecule is O=C(O)C1CCC2=c3ccccc3=NC21. The Kier molecular flexibility index (Phi) is 1.69. The van der Waals surface area contributed by atoms with Crippen LogP contribution in [0.2, 0.25) is 0 Å². The molecule has 1 N–H and O–H groups in total. The summed E-state index contributed by atoms with van der Waals surface area (Å²) in [4.78, 5) is 15.5. The smallest absolute Gasteiger partial charge is 0.309 e. The van der Waals surface area contributed by atoms with Gasteiger partial charge in [0.2, 0.25) is 0 Å². The third kappa shape index (κ3) is 1.12. The van der Waals surface area contributed by atoms with Gasteiger partial charge in [0.1, 0.15) is 0 Å². The standard InChI is InChI=1S/C12H11NO2/c14-12(15)9-6-5-8-7-3-1-2-4-10(7)13-11(8)9/h1-4,9,11H,5-6H2,(H,14,15). The number of hydrogen-bond acceptors (Lipinski definition) is 2. The van der Waals surface area contributed by atoms with Crippen LogP contribution in [0.15, 0.2) is 29.3 Å². The molecule has 0 saturated heterocycles. The predicted molar refractivity (Wildman–Crippen MR) is 54.8 cm³/mol. The molecule has 3 rings (SSSR count). The lowest BCUT2D eigenvalue weighted by molar-refractivity contribution is -0.141. The average molecular weight is 201 g/mol. The van der Waals surface area contributed by atoms with Crippen LogP contribution in [-0.4, -0.2) is 17.1 Å². The van der Waals surface area contributed by atoms with Gasteiger partial charge in [0, 0.05) is 5.22 Å². The lowest BCUT2D eigenvalue weighted by Gasteiger charge is -2.08. The Bertz CT molecular complexity index is 547. The van der Waals surface area contributed by atoms with Crippen LogP contribution in [0.3, 0.4) is 0 Å². The number of hydrogen-bond donors (Lipinski definition) is 1. The van der Waals surface area contributed by atoms with E-state index in [9.17, 15) is 4.79 Å². The first-order valence-corrected chi connectivity index (χ1v) is 5.16. The van der Waals surface area contributed by atoms with Crippen molar-refractivity contribution in [3.63, 3.8) is 0 Å². The van der Waals surface area contributed by atoms with Gasteiger partial charge in [0.05, 0.1) is 17.3 Å². The maximum atomic E-state index is 11.0. The number of para-hydroxylation sites is 1. The van der Waals surface area contributed by atoms with E-state index in [1.54, 1.807) is 0 Å². The van der Waals surface area contributed by atoms with E-state index in [0.29, 0.717) is 0 Å². The minimum absolute atomic E-state index is 0.0973. The van der Waals surface area contributed by atoms with Crippen molar-refractivity contribution in [3.05, 3.63) is 34.8 Å². The zero-order valence-electron chi connectivity index (χ0n) is 8.18. The molecule has 3 heteroatoms. The average Bonchev–Trinajstić information content (AvgIpc) is 2.74. The Morgan fingerprint density at radius 3 is 3.00 bits per heavy atom. The molecule has 2 unspecified atom stereocenters. The van der Waals surface area contributed by atoms with Gasteiger partial charge < -0.3 is 5.11 Å². The number of carboxylic acid groups (broad SMARTS) is 1. The monoisotopic (exact) mass is 201 g/mol. The Labute approximate surface area is 86.8 Å². The summed E-state index contributed by atoms with van der Waals surface area (Å²) in [5.74, 6) is -1.03. The van der Waals surface area contributed by atoms with E-state index in [1.165, 1.54) is 5.57 Å². The molecule has 2 atom stereocenters. The Balaban J connectivity index is 2.19. The van der Waals surface area contributed by atoms with Gasteiger partial charge in [-0.2, -0.15) is 0 Å². The number of nitrogens with zero attached hydrogens (tertiary/aromatic N) is 1. The summed E-state index contributed by atoms with van der Waals surface area (Å²) in [5.41, 5.74) is 1.22. The first-order chi connectivity index (χ1) is 7.27. The van der Waals surface area contributed by atoms with Crippen molar-refractivity contribution in [2.45, 2.75) is 18.9 Å². The molecule has 0 amide bonds. The summed E-state index contributed by atoms with van der Waals surface area (Å²) in [6.45, 7) is 0. The summed E-state index contributed by atoms with van der Waals surface area (Å²) in [6.07, 6.45) is 1.61. The second kappa shape index (κ2) is 2.92. The van der Waals surface area contributed by atoms with E-state index in [1.807, 2.05) is 24.3 Å². The number of rotatable bonds is 1. The van der Waals surface area contributed by atoms with Gasteiger partial charge in [-0.05, 0) is 24.5 Å². The van der Waals surface area contributed by atoms with E-state index in [-0.39, 0.29) is 12.0 Å². The first kappa shape index (κ1) is 8.65. The molecule has 0 radical (unpaired) electrons. The fourth-order valence-electron chi connectivity index (χ4n) is 2.59. The Hall–Kier alpha value is -1.64. The predicted octanol–water partition coefficient (Wildman–Crippen LogP) is 0.334. The summed E-state index contributed by atoms with van der Waals surface area (Å²) >= 11 is 0. The van der Waals surface area contributed by atoms with Gasteiger partial charge in [-0.15, -0.1) is 0 Å². The summed E-state index contributed by atoms with van der Waals surface area (Å²) in [5, 5.41) is 11.2. The quantitative estimate of drug-likeness (QED) is 0.712. The molecule has 1 aliphatic heterocycles. The Morgan fingerprint density at radius 2 is 2.20 bits per heavy atom. The fraction of sp³-hybridized carbons (Fsp3) is 0.333. The largest absolute Gasteiger partial charge is 0.481 e. The van der Waals surface area contributed by atoms with E-state index in [2.05, 4.69) is 4.99 Å². The van der Waals surface area contributed by atoms with Crippen LogP contribution in [-0.2, 0) is 4.79 Å². The van der Waals surface area contributed by atoms with Gasteiger partial charge in [-0.1, -0.05) is 18.2 Å². The van der Waals surface area contributed by atoms with Crippen molar-refractivity contribution in [1.82, 2.24) is 0 Å². The molecule has 0 spiro atoms. The minimum Gasteiger partial charge on any atom is -0.481 e. The second-order valence-corrected chi connectivity index (χ2v) is 4.10. The van der Waals surface area contributed by atoms with E-state index >= 15 is 0 Å². The molecule has 2 aliphatic rings. The lowest BCUT2D eigenvalue weighted by atomic mass is 10.0.